The molecule has 1 aromatic rings. The molecule has 1 aromatic carbocycles. The smallest absolute Gasteiger partial charge is 0.123 e. The van der Waals surface area contributed by atoms with Gasteiger partial charge in [0.05, 0.1) is 6.10 Å². The first kappa shape index (κ1) is 12.4. The summed E-state index contributed by atoms with van der Waals surface area (Å²) < 4.78 is 6.07. The Morgan fingerprint density at radius 3 is 2.47 bits per heavy atom. The minimum atomic E-state index is -0.237. The molecule has 2 atom stereocenters. The molecule has 0 bridgehead atoms. The molecule has 1 aliphatic carbocycles. The summed E-state index contributed by atoms with van der Waals surface area (Å²) in [6.07, 6.45) is 0.621. The second kappa shape index (κ2) is 4.34. The molecule has 1 N–H and O–H groups in total. The van der Waals surface area contributed by atoms with Crippen LogP contribution in [-0.4, -0.2) is 17.3 Å². The summed E-state index contributed by atoms with van der Waals surface area (Å²) >= 11 is 0. The third-order valence-electron chi connectivity index (χ3n) is 3.94. The van der Waals surface area contributed by atoms with Crippen molar-refractivity contribution in [2.24, 2.45) is 5.41 Å². The molecule has 0 aliphatic heterocycles. The maximum Gasteiger partial charge on any atom is 0.123 e. The zero-order valence-electron chi connectivity index (χ0n) is 11.1. The van der Waals surface area contributed by atoms with Crippen LogP contribution >= 0.6 is 0 Å². The van der Waals surface area contributed by atoms with E-state index in [1.165, 1.54) is 5.56 Å². The van der Waals surface area contributed by atoms with E-state index in [4.69, 9.17) is 4.74 Å². The molecule has 0 saturated heterocycles. The van der Waals surface area contributed by atoms with Crippen LogP contribution in [0.4, 0.5) is 0 Å². The zero-order valence-corrected chi connectivity index (χ0v) is 11.1. The van der Waals surface area contributed by atoms with E-state index in [1.54, 1.807) is 0 Å². The van der Waals surface area contributed by atoms with Crippen molar-refractivity contribution in [1.82, 2.24) is 0 Å². The van der Waals surface area contributed by atoms with Gasteiger partial charge < -0.3 is 9.84 Å². The van der Waals surface area contributed by atoms with Gasteiger partial charge in [-0.2, -0.15) is 0 Å². The van der Waals surface area contributed by atoms with Gasteiger partial charge in [0.15, 0.2) is 0 Å². The van der Waals surface area contributed by atoms with Crippen molar-refractivity contribution in [3.05, 3.63) is 29.8 Å². The van der Waals surface area contributed by atoms with E-state index in [9.17, 15) is 5.11 Å². The van der Waals surface area contributed by atoms with E-state index in [0.29, 0.717) is 5.92 Å². The standard InChI is InChI=1S/C15H22O2/c1-10(2)11-7-5-6-8-12(11)17-14-9-13(16)15(14,3)4/h5-8,10,13-14,16H,9H2,1-4H3. The topological polar surface area (TPSA) is 29.5 Å². The van der Waals surface area contributed by atoms with Crippen LogP contribution in [0.1, 0.15) is 45.6 Å². The Hall–Kier alpha value is -1.02. The quantitative estimate of drug-likeness (QED) is 0.869. The van der Waals surface area contributed by atoms with Crippen LogP contribution in [0.5, 0.6) is 5.75 Å². The van der Waals surface area contributed by atoms with Crippen LogP contribution in [0, 0.1) is 5.41 Å². The van der Waals surface area contributed by atoms with Crippen molar-refractivity contribution in [1.29, 1.82) is 0 Å². The van der Waals surface area contributed by atoms with E-state index in [1.807, 2.05) is 18.2 Å². The summed E-state index contributed by atoms with van der Waals surface area (Å²) in [6.45, 7) is 8.46. The van der Waals surface area contributed by atoms with Crippen LogP contribution in [0.2, 0.25) is 0 Å². The minimum Gasteiger partial charge on any atom is -0.489 e. The van der Waals surface area contributed by atoms with Crippen molar-refractivity contribution >= 4 is 0 Å². The number of para-hydroxylation sites is 1. The van der Waals surface area contributed by atoms with Gasteiger partial charge in [-0.3, -0.25) is 0 Å². The first-order valence-electron chi connectivity index (χ1n) is 6.36. The predicted molar refractivity (Wildman–Crippen MR) is 69.4 cm³/mol. The van der Waals surface area contributed by atoms with E-state index < -0.39 is 0 Å². The highest BCUT2D eigenvalue weighted by atomic mass is 16.5. The van der Waals surface area contributed by atoms with E-state index in [0.717, 1.165) is 12.2 Å². The molecular formula is C15H22O2. The Morgan fingerprint density at radius 2 is 1.94 bits per heavy atom. The van der Waals surface area contributed by atoms with E-state index >= 15 is 0 Å². The second-order valence-electron chi connectivity index (χ2n) is 5.87. The highest BCUT2D eigenvalue weighted by Gasteiger charge is 2.49. The van der Waals surface area contributed by atoms with Crippen LogP contribution in [0.25, 0.3) is 0 Å². The highest BCUT2D eigenvalue weighted by Crippen LogP contribution is 2.43. The van der Waals surface area contributed by atoms with Gasteiger partial charge in [-0.05, 0) is 17.5 Å². The number of rotatable bonds is 3. The molecule has 1 fully saturated rings. The number of aliphatic hydroxyl groups excluding tert-OH is 1. The van der Waals surface area contributed by atoms with Gasteiger partial charge in [0.2, 0.25) is 0 Å². The molecule has 2 rings (SSSR count). The first-order valence-corrected chi connectivity index (χ1v) is 6.36. The van der Waals surface area contributed by atoms with Gasteiger partial charge >= 0.3 is 0 Å². The van der Waals surface area contributed by atoms with Crippen molar-refractivity contribution in [3.63, 3.8) is 0 Å². The number of hydrogen-bond donors (Lipinski definition) is 1. The second-order valence-corrected chi connectivity index (χ2v) is 5.87. The zero-order chi connectivity index (χ0) is 12.6. The SMILES string of the molecule is CC(C)c1ccccc1OC1CC(O)C1(C)C. The minimum absolute atomic E-state index is 0.123. The number of hydrogen-bond acceptors (Lipinski definition) is 2. The summed E-state index contributed by atoms with van der Waals surface area (Å²) in [6, 6.07) is 8.18. The summed E-state index contributed by atoms with van der Waals surface area (Å²) in [5.41, 5.74) is 1.11. The Balaban J connectivity index is 2.15. The fraction of sp³-hybridized carbons (Fsp3) is 0.600. The molecule has 0 amide bonds. The lowest BCUT2D eigenvalue weighted by Crippen LogP contribution is -2.56. The average molecular weight is 234 g/mol. The number of benzene rings is 1. The normalized spacial score (nSPS) is 26.7. The molecule has 0 heterocycles. The summed E-state index contributed by atoms with van der Waals surface area (Å²) in [5, 5.41) is 9.72. The first-order chi connectivity index (χ1) is 7.93. The summed E-state index contributed by atoms with van der Waals surface area (Å²) in [5.74, 6) is 1.42. The molecule has 17 heavy (non-hydrogen) atoms. The monoisotopic (exact) mass is 234 g/mol. The van der Waals surface area contributed by atoms with Gasteiger partial charge in [-0.15, -0.1) is 0 Å². The van der Waals surface area contributed by atoms with Gasteiger partial charge in [0.25, 0.3) is 0 Å². The van der Waals surface area contributed by atoms with Crippen LogP contribution in [0.15, 0.2) is 24.3 Å². The molecule has 2 heteroatoms. The van der Waals surface area contributed by atoms with Crippen molar-refractivity contribution in [2.75, 3.05) is 0 Å². The van der Waals surface area contributed by atoms with Crippen LogP contribution < -0.4 is 4.74 Å². The molecule has 0 aromatic heterocycles. The van der Waals surface area contributed by atoms with Crippen LogP contribution in [-0.2, 0) is 0 Å². The molecule has 2 nitrogen and oxygen atoms in total. The summed E-state index contributed by atoms with van der Waals surface area (Å²) in [4.78, 5) is 0. The highest BCUT2D eigenvalue weighted by molar-refractivity contribution is 5.36. The van der Waals surface area contributed by atoms with Crippen molar-refractivity contribution in [2.45, 2.75) is 52.2 Å². The Kier molecular flexibility index (Phi) is 3.17. The molecule has 0 radical (unpaired) electrons. The average Bonchev–Trinajstić information content (AvgIpc) is 2.29. The molecule has 0 spiro atoms. The molecule has 1 saturated carbocycles. The number of ether oxygens (including phenoxy) is 1. The third-order valence-corrected chi connectivity index (χ3v) is 3.94. The predicted octanol–water partition coefficient (Wildman–Crippen LogP) is 3.35. The van der Waals surface area contributed by atoms with Gasteiger partial charge in [0, 0.05) is 11.8 Å². The van der Waals surface area contributed by atoms with Crippen molar-refractivity contribution < 1.29 is 9.84 Å². The van der Waals surface area contributed by atoms with Crippen molar-refractivity contribution in [3.8, 4) is 5.75 Å². The largest absolute Gasteiger partial charge is 0.489 e. The lowest BCUT2D eigenvalue weighted by molar-refractivity contribution is -0.134. The third kappa shape index (κ3) is 2.19. The molecule has 94 valence electrons. The lowest BCUT2D eigenvalue weighted by atomic mass is 9.66. The molecular weight excluding hydrogens is 212 g/mol. The number of aliphatic hydroxyl groups is 1. The Morgan fingerprint density at radius 1 is 1.29 bits per heavy atom. The molecule has 1 aliphatic rings. The Bertz CT molecular complexity index is 396. The lowest BCUT2D eigenvalue weighted by Gasteiger charge is -2.48. The fourth-order valence-corrected chi connectivity index (χ4v) is 2.28. The van der Waals surface area contributed by atoms with Gasteiger partial charge in [-0.25, -0.2) is 0 Å². The van der Waals surface area contributed by atoms with Crippen LogP contribution in [0.3, 0.4) is 0 Å². The fourth-order valence-electron chi connectivity index (χ4n) is 2.28. The Labute approximate surface area is 104 Å². The maximum atomic E-state index is 9.72. The maximum absolute atomic E-state index is 9.72. The van der Waals surface area contributed by atoms with Gasteiger partial charge in [0.1, 0.15) is 11.9 Å². The summed E-state index contributed by atoms with van der Waals surface area (Å²) in [7, 11) is 0. The molecule has 2 unspecified atom stereocenters. The van der Waals surface area contributed by atoms with Gasteiger partial charge in [-0.1, -0.05) is 45.9 Å². The van der Waals surface area contributed by atoms with E-state index in [2.05, 4.69) is 33.8 Å². The van der Waals surface area contributed by atoms with E-state index in [-0.39, 0.29) is 17.6 Å².